The third-order valence-electron chi connectivity index (χ3n) is 4.82. The van der Waals surface area contributed by atoms with Crippen molar-refractivity contribution in [3.8, 4) is 11.5 Å². The minimum Gasteiger partial charge on any atom is -0.495 e. The quantitative estimate of drug-likeness (QED) is 0.724. The van der Waals surface area contributed by atoms with E-state index >= 15 is 0 Å². The van der Waals surface area contributed by atoms with Crippen molar-refractivity contribution in [2.75, 3.05) is 51.3 Å². The van der Waals surface area contributed by atoms with Crippen LogP contribution in [0.4, 0.5) is 5.69 Å². The number of hydrogen-bond acceptors (Lipinski definition) is 5. The second kappa shape index (κ2) is 9.28. The van der Waals surface area contributed by atoms with E-state index in [-0.39, 0.29) is 0 Å². The lowest BCUT2D eigenvalue weighted by Gasteiger charge is -2.36. The highest BCUT2D eigenvalue weighted by Gasteiger charge is 2.19. The van der Waals surface area contributed by atoms with Gasteiger partial charge in [0.05, 0.1) is 19.4 Å². The number of ether oxygens (including phenoxy) is 2. The molecule has 144 valence electrons. The minimum atomic E-state index is -0.422. The smallest absolute Gasteiger partial charge is 0.248 e. The van der Waals surface area contributed by atoms with E-state index in [2.05, 4.69) is 21.9 Å². The van der Waals surface area contributed by atoms with E-state index in [1.807, 2.05) is 12.1 Å². The molecule has 3 rings (SSSR count). The van der Waals surface area contributed by atoms with Crippen LogP contribution in [0.3, 0.4) is 0 Å². The fourth-order valence-corrected chi connectivity index (χ4v) is 3.30. The molecule has 1 aliphatic heterocycles. The van der Waals surface area contributed by atoms with Gasteiger partial charge < -0.3 is 20.1 Å². The largest absolute Gasteiger partial charge is 0.495 e. The number of hydrogen-bond donors (Lipinski definition) is 1. The Morgan fingerprint density at radius 1 is 1.04 bits per heavy atom. The number of para-hydroxylation sites is 2. The lowest BCUT2D eigenvalue weighted by atomic mass is 10.2. The molecule has 2 N–H and O–H groups in total. The summed E-state index contributed by atoms with van der Waals surface area (Å²) in [5.41, 5.74) is 6.90. The third-order valence-corrected chi connectivity index (χ3v) is 4.82. The van der Waals surface area contributed by atoms with Gasteiger partial charge in [-0.15, -0.1) is 0 Å². The molecule has 1 amide bonds. The summed E-state index contributed by atoms with van der Waals surface area (Å²) in [5, 5.41) is 0. The van der Waals surface area contributed by atoms with Gasteiger partial charge in [-0.3, -0.25) is 9.69 Å². The van der Waals surface area contributed by atoms with Gasteiger partial charge in [0, 0.05) is 38.3 Å². The molecule has 0 aromatic heterocycles. The van der Waals surface area contributed by atoms with Crippen LogP contribution in [0.25, 0.3) is 0 Å². The molecular weight excluding hydrogens is 342 g/mol. The average Bonchev–Trinajstić information content (AvgIpc) is 2.72. The normalized spacial score (nSPS) is 14.8. The summed E-state index contributed by atoms with van der Waals surface area (Å²) in [6.07, 6.45) is 0.965. The first-order valence-corrected chi connectivity index (χ1v) is 9.30. The van der Waals surface area contributed by atoms with Gasteiger partial charge in [-0.25, -0.2) is 0 Å². The first-order chi connectivity index (χ1) is 13.2. The highest BCUT2D eigenvalue weighted by molar-refractivity contribution is 5.92. The van der Waals surface area contributed by atoms with Crippen molar-refractivity contribution in [1.82, 2.24) is 4.90 Å². The van der Waals surface area contributed by atoms with Crippen molar-refractivity contribution in [3.05, 3.63) is 54.1 Å². The molecule has 0 radical (unpaired) electrons. The molecule has 0 saturated carbocycles. The second-order valence-corrected chi connectivity index (χ2v) is 6.59. The van der Waals surface area contributed by atoms with Crippen molar-refractivity contribution in [3.63, 3.8) is 0 Å². The topological polar surface area (TPSA) is 68.0 Å². The highest BCUT2D eigenvalue weighted by atomic mass is 16.5. The van der Waals surface area contributed by atoms with Crippen molar-refractivity contribution in [1.29, 1.82) is 0 Å². The Labute approximate surface area is 160 Å². The Balaban J connectivity index is 1.38. The summed E-state index contributed by atoms with van der Waals surface area (Å²) in [5.74, 6) is 1.27. The van der Waals surface area contributed by atoms with Crippen LogP contribution in [-0.4, -0.2) is 57.2 Å². The van der Waals surface area contributed by atoms with Crippen LogP contribution in [0, 0.1) is 0 Å². The molecular formula is C21H27N3O3. The van der Waals surface area contributed by atoms with Crippen LogP contribution < -0.4 is 20.1 Å². The maximum Gasteiger partial charge on any atom is 0.248 e. The van der Waals surface area contributed by atoms with E-state index in [0.29, 0.717) is 12.2 Å². The number of amides is 1. The van der Waals surface area contributed by atoms with E-state index in [1.165, 1.54) is 5.69 Å². The number of benzene rings is 2. The molecule has 6 heteroatoms. The molecule has 0 atom stereocenters. The van der Waals surface area contributed by atoms with Gasteiger partial charge in [-0.2, -0.15) is 0 Å². The Morgan fingerprint density at radius 2 is 1.74 bits per heavy atom. The van der Waals surface area contributed by atoms with Gasteiger partial charge >= 0.3 is 0 Å². The maximum absolute atomic E-state index is 11.1. The number of nitrogens with zero attached hydrogens (tertiary/aromatic N) is 2. The van der Waals surface area contributed by atoms with E-state index < -0.39 is 5.91 Å². The number of rotatable bonds is 8. The number of nitrogens with two attached hydrogens (primary N) is 1. The molecule has 2 aromatic rings. The van der Waals surface area contributed by atoms with E-state index in [9.17, 15) is 4.79 Å². The van der Waals surface area contributed by atoms with E-state index in [4.69, 9.17) is 15.2 Å². The zero-order chi connectivity index (χ0) is 19.1. The first-order valence-electron chi connectivity index (χ1n) is 9.30. The van der Waals surface area contributed by atoms with Gasteiger partial charge in [-0.05, 0) is 42.8 Å². The van der Waals surface area contributed by atoms with Crippen LogP contribution in [0.15, 0.2) is 48.5 Å². The summed E-state index contributed by atoms with van der Waals surface area (Å²) < 4.78 is 11.2. The zero-order valence-electron chi connectivity index (χ0n) is 15.8. The van der Waals surface area contributed by atoms with Crippen molar-refractivity contribution in [2.45, 2.75) is 6.42 Å². The van der Waals surface area contributed by atoms with Gasteiger partial charge in [0.2, 0.25) is 5.91 Å². The summed E-state index contributed by atoms with van der Waals surface area (Å²) in [4.78, 5) is 15.9. The zero-order valence-corrected chi connectivity index (χ0v) is 15.8. The predicted molar refractivity (Wildman–Crippen MR) is 107 cm³/mol. The third kappa shape index (κ3) is 5.14. The summed E-state index contributed by atoms with van der Waals surface area (Å²) in [6.45, 7) is 5.73. The first kappa shape index (κ1) is 19.0. The minimum absolute atomic E-state index is 0.422. The van der Waals surface area contributed by atoms with Crippen LogP contribution >= 0.6 is 0 Å². The summed E-state index contributed by atoms with van der Waals surface area (Å²) in [7, 11) is 1.72. The fraction of sp³-hybridized carbons (Fsp3) is 0.381. The number of carbonyl (C=O) groups is 1. The molecule has 27 heavy (non-hydrogen) atoms. The highest BCUT2D eigenvalue weighted by Crippen LogP contribution is 2.28. The van der Waals surface area contributed by atoms with E-state index in [1.54, 1.807) is 31.4 Å². The second-order valence-electron chi connectivity index (χ2n) is 6.59. The molecule has 1 fully saturated rings. The van der Waals surface area contributed by atoms with Crippen molar-refractivity contribution in [2.24, 2.45) is 5.73 Å². The van der Waals surface area contributed by atoms with Crippen LogP contribution in [0.1, 0.15) is 16.8 Å². The Hall–Kier alpha value is -2.73. The van der Waals surface area contributed by atoms with Gasteiger partial charge in [0.25, 0.3) is 0 Å². The average molecular weight is 369 g/mol. The monoisotopic (exact) mass is 369 g/mol. The molecule has 6 nitrogen and oxygen atoms in total. The lowest BCUT2D eigenvalue weighted by molar-refractivity contribution is 0.100. The molecule has 0 aliphatic carbocycles. The standard InChI is InChI=1S/C21H27N3O3/c1-26-20-6-3-2-5-19(20)24-14-12-23(13-15-24)11-4-16-27-18-9-7-17(8-10-18)21(22)25/h2-3,5-10H,4,11-16H2,1H3,(H2,22,25). The Kier molecular flexibility index (Phi) is 6.54. The molecule has 1 saturated heterocycles. The summed E-state index contributed by atoms with van der Waals surface area (Å²) in [6, 6.07) is 15.1. The van der Waals surface area contributed by atoms with Crippen molar-refractivity contribution < 1.29 is 14.3 Å². The number of carbonyl (C=O) groups excluding carboxylic acids is 1. The number of methoxy groups -OCH3 is 1. The predicted octanol–water partition coefficient (Wildman–Crippen LogP) is 2.39. The van der Waals surface area contributed by atoms with Gasteiger partial charge in [-0.1, -0.05) is 12.1 Å². The van der Waals surface area contributed by atoms with Crippen molar-refractivity contribution >= 4 is 11.6 Å². The van der Waals surface area contributed by atoms with Crippen LogP contribution in [0.2, 0.25) is 0 Å². The van der Waals surface area contributed by atoms with Gasteiger partial charge in [0.1, 0.15) is 11.5 Å². The van der Waals surface area contributed by atoms with Gasteiger partial charge in [0.15, 0.2) is 0 Å². The molecule has 0 bridgehead atoms. The number of primary amides is 1. The molecule has 0 spiro atoms. The number of piperazine rings is 1. The maximum atomic E-state index is 11.1. The molecule has 1 heterocycles. The van der Waals surface area contributed by atoms with Crippen LogP contribution in [-0.2, 0) is 0 Å². The molecule has 0 unspecified atom stereocenters. The Bertz CT molecular complexity index is 741. The number of anilines is 1. The van der Waals surface area contributed by atoms with Crippen LogP contribution in [0.5, 0.6) is 11.5 Å². The lowest BCUT2D eigenvalue weighted by Crippen LogP contribution is -2.46. The summed E-state index contributed by atoms with van der Waals surface area (Å²) >= 11 is 0. The molecule has 1 aliphatic rings. The molecule has 2 aromatic carbocycles. The van der Waals surface area contributed by atoms with E-state index in [0.717, 1.165) is 50.6 Å². The fourth-order valence-electron chi connectivity index (χ4n) is 3.30. The Morgan fingerprint density at radius 3 is 2.41 bits per heavy atom. The SMILES string of the molecule is COc1ccccc1N1CCN(CCCOc2ccc(C(N)=O)cc2)CC1.